The van der Waals surface area contributed by atoms with Crippen molar-refractivity contribution in [1.29, 1.82) is 0 Å². The van der Waals surface area contributed by atoms with E-state index >= 15 is 0 Å². The number of rotatable bonds is 0. The molecule has 0 N–H and O–H groups in total. The minimum atomic E-state index is 0.231. The van der Waals surface area contributed by atoms with Crippen molar-refractivity contribution in [2.45, 2.75) is 60.8 Å². The van der Waals surface area contributed by atoms with E-state index in [4.69, 9.17) is 0 Å². The third-order valence-electron chi connectivity index (χ3n) is 1.80. The molecular formula is C13H29NO. The second kappa shape index (κ2) is 11.5. The van der Waals surface area contributed by atoms with Crippen molar-refractivity contribution in [1.82, 2.24) is 4.90 Å². The predicted molar refractivity (Wildman–Crippen MR) is 68.0 cm³/mol. The summed E-state index contributed by atoms with van der Waals surface area (Å²) in [7, 11) is 0. The van der Waals surface area contributed by atoms with Gasteiger partial charge in [0.1, 0.15) is 0 Å². The van der Waals surface area contributed by atoms with Crippen LogP contribution in [-0.2, 0) is 4.79 Å². The number of amides is 1. The molecule has 15 heavy (non-hydrogen) atoms. The summed E-state index contributed by atoms with van der Waals surface area (Å²) in [5, 5.41) is 0. The fourth-order valence-corrected chi connectivity index (χ4v) is 1.21. The highest BCUT2D eigenvalue weighted by Crippen LogP contribution is 2.07. The number of piperidine rings is 1. The molecule has 2 nitrogen and oxygen atoms in total. The van der Waals surface area contributed by atoms with Crippen LogP contribution in [0.3, 0.4) is 0 Å². The molecule has 0 atom stereocenters. The third kappa shape index (κ3) is 13.5. The summed E-state index contributed by atoms with van der Waals surface area (Å²) in [5.74, 6) is 1.06. The molecule has 0 spiro atoms. The average Bonchev–Trinajstić information content (AvgIpc) is 2.21. The quantitative estimate of drug-likeness (QED) is 0.603. The van der Waals surface area contributed by atoms with Gasteiger partial charge in [-0.3, -0.25) is 4.79 Å². The zero-order valence-electron chi connectivity index (χ0n) is 11.5. The van der Waals surface area contributed by atoms with Crippen molar-refractivity contribution >= 4 is 5.91 Å². The van der Waals surface area contributed by atoms with E-state index in [-0.39, 0.29) is 5.91 Å². The van der Waals surface area contributed by atoms with E-state index < -0.39 is 0 Å². The van der Waals surface area contributed by atoms with E-state index in [9.17, 15) is 4.79 Å². The minimum absolute atomic E-state index is 0.231. The Kier molecular flexibility index (Phi) is 13.0. The van der Waals surface area contributed by atoms with Gasteiger partial charge in [0.15, 0.2) is 0 Å². The Morgan fingerprint density at radius 1 is 1.00 bits per heavy atom. The third-order valence-corrected chi connectivity index (χ3v) is 1.80. The summed E-state index contributed by atoms with van der Waals surface area (Å²) in [6.45, 7) is 14.1. The van der Waals surface area contributed by atoms with Gasteiger partial charge in [0, 0.05) is 20.0 Å². The molecule has 0 aromatic rings. The molecule has 2 heteroatoms. The monoisotopic (exact) mass is 215 g/mol. The van der Waals surface area contributed by atoms with Crippen LogP contribution in [0.15, 0.2) is 0 Å². The summed E-state index contributed by atoms with van der Waals surface area (Å²) in [6, 6.07) is 0. The van der Waals surface area contributed by atoms with Crippen LogP contribution in [0.5, 0.6) is 0 Å². The molecular weight excluding hydrogens is 186 g/mol. The predicted octanol–water partition coefficient (Wildman–Crippen LogP) is 3.71. The van der Waals surface area contributed by atoms with E-state index in [0.29, 0.717) is 0 Å². The van der Waals surface area contributed by atoms with E-state index in [1.165, 1.54) is 19.3 Å². The molecule has 0 radical (unpaired) electrons. The van der Waals surface area contributed by atoms with Gasteiger partial charge in [0.25, 0.3) is 0 Å². The van der Waals surface area contributed by atoms with Gasteiger partial charge in [-0.25, -0.2) is 0 Å². The highest BCUT2D eigenvalue weighted by Gasteiger charge is 2.10. The van der Waals surface area contributed by atoms with Gasteiger partial charge in [0.2, 0.25) is 5.91 Å². The first-order valence-electron chi connectivity index (χ1n) is 6.29. The normalized spacial score (nSPS) is 14.7. The smallest absolute Gasteiger partial charge is 0.219 e. The van der Waals surface area contributed by atoms with E-state index in [2.05, 4.69) is 20.8 Å². The van der Waals surface area contributed by atoms with E-state index in [0.717, 1.165) is 19.0 Å². The van der Waals surface area contributed by atoms with Crippen LogP contribution in [0.25, 0.3) is 0 Å². The van der Waals surface area contributed by atoms with Gasteiger partial charge >= 0.3 is 0 Å². The second-order valence-corrected chi connectivity index (χ2v) is 4.30. The number of hydrogen-bond acceptors (Lipinski definition) is 1. The van der Waals surface area contributed by atoms with Crippen LogP contribution in [-0.4, -0.2) is 23.9 Å². The number of likely N-dealkylation sites (tertiary alicyclic amines) is 1. The van der Waals surface area contributed by atoms with Crippen LogP contribution in [0.1, 0.15) is 60.8 Å². The van der Waals surface area contributed by atoms with Crippen LogP contribution in [0.4, 0.5) is 0 Å². The first-order valence-corrected chi connectivity index (χ1v) is 6.29. The molecule has 0 saturated carbocycles. The van der Waals surface area contributed by atoms with Gasteiger partial charge in [-0.05, 0) is 25.2 Å². The molecule has 1 fully saturated rings. The Bertz CT molecular complexity index is 135. The molecule has 0 bridgehead atoms. The fourth-order valence-electron chi connectivity index (χ4n) is 1.21. The standard InChI is InChI=1S/C7H13NO.C4H10.C2H6/c1-7(9)8-5-3-2-4-6-8;1-4(2)3;1-2/h2-6H2,1H3;4H,1-3H3;1-2H3. The first-order chi connectivity index (χ1) is 7.04. The Morgan fingerprint density at radius 3 is 1.53 bits per heavy atom. The number of nitrogens with zero attached hydrogens (tertiary/aromatic N) is 1. The van der Waals surface area contributed by atoms with Crippen molar-refractivity contribution in [2.24, 2.45) is 5.92 Å². The van der Waals surface area contributed by atoms with Crippen LogP contribution in [0.2, 0.25) is 0 Å². The van der Waals surface area contributed by atoms with Crippen LogP contribution >= 0.6 is 0 Å². The minimum Gasteiger partial charge on any atom is -0.343 e. The molecule has 1 amide bonds. The lowest BCUT2D eigenvalue weighted by atomic mass is 10.1. The van der Waals surface area contributed by atoms with Crippen molar-refractivity contribution in [2.75, 3.05) is 13.1 Å². The SMILES string of the molecule is CC.CC(=O)N1CCCCC1.CC(C)C. The van der Waals surface area contributed by atoms with Gasteiger partial charge in [-0.15, -0.1) is 0 Å². The fraction of sp³-hybridized carbons (Fsp3) is 0.923. The molecule has 0 aliphatic carbocycles. The van der Waals surface area contributed by atoms with Crippen LogP contribution in [0, 0.1) is 5.92 Å². The van der Waals surface area contributed by atoms with E-state index in [1.807, 2.05) is 18.7 Å². The Morgan fingerprint density at radius 2 is 1.33 bits per heavy atom. The Labute approximate surface area is 96.0 Å². The molecule has 1 rings (SSSR count). The zero-order valence-corrected chi connectivity index (χ0v) is 11.5. The van der Waals surface area contributed by atoms with Crippen molar-refractivity contribution < 1.29 is 4.79 Å². The lowest BCUT2D eigenvalue weighted by molar-refractivity contribution is -0.129. The lowest BCUT2D eigenvalue weighted by Crippen LogP contribution is -2.33. The van der Waals surface area contributed by atoms with Gasteiger partial charge in [-0.1, -0.05) is 34.6 Å². The van der Waals surface area contributed by atoms with Crippen LogP contribution < -0.4 is 0 Å². The van der Waals surface area contributed by atoms with Crippen molar-refractivity contribution in [3.63, 3.8) is 0 Å². The maximum absolute atomic E-state index is 10.7. The highest BCUT2D eigenvalue weighted by atomic mass is 16.2. The maximum atomic E-state index is 10.7. The highest BCUT2D eigenvalue weighted by molar-refractivity contribution is 5.73. The number of hydrogen-bond donors (Lipinski definition) is 0. The Hall–Kier alpha value is -0.530. The van der Waals surface area contributed by atoms with Gasteiger partial charge in [-0.2, -0.15) is 0 Å². The van der Waals surface area contributed by atoms with Crippen molar-refractivity contribution in [3.8, 4) is 0 Å². The summed E-state index contributed by atoms with van der Waals surface area (Å²) in [5.41, 5.74) is 0. The topological polar surface area (TPSA) is 20.3 Å². The molecule has 0 aromatic carbocycles. The molecule has 1 heterocycles. The Balaban J connectivity index is 0. The summed E-state index contributed by atoms with van der Waals surface area (Å²) >= 11 is 0. The molecule has 92 valence electrons. The number of carbonyl (C=O) groups is 1. The van der Waals surface area contributed by atoms with E-state index in [1.54, 1.807) is 6.92 Å². The van der Waals surface area contributed by atoms with Gasteiger partial charge in [0.05, 0.1) is 0 Å². The van der Waals surface area contributed by atoms with Crippen molar-refractivity contribution in [3.05, 3.63) is 0 Å². The van der Waals surface area contributed by atoms with Gasteiger partial charge < -0.3 is 4.90 Å². The maximum Gasteiger partial charge on any atom is 0.219 e. The molecule has 1 saturated heterocycles. The summed E-state index contributed by atoms with van der Waals surface area (Å²) < 4.78 is 0. The number of carbonyl (C=O) groups excluding carboxylic acids is 1. The molecule has 0 aromatic heterocycles. The zero-order chi connectivity index (χ0) is 12.3. The first kappa shape index (κ1) is 16.9. The summed E-state index contributed by atoms with van der Waals surface area (Å²) in [4.78, 5) is 12.6. The largest absolute Gasteiger partial charge is 0.343 e. The molecule has 1 aliphatic heterocycles. The molecule has 1 aliphatic rings. The lowest BCUT2D eigenvalue weighted by Gasteiger charge is -2.24. The molecule has 0 unspecified atom stereocenters. The summed E-state index contributed by atoms with van der Waals surface area (Å²) in [6.07, 6.45) is 3.68. The second-order valence-electron chi connectivity index (χ2n) is 4.30. The average molecular weight is 215 g/mol.